The van der Waals surface area contributed by atoms with Gasteiger partial charge in [0.05, 0.1) is 5.69 Å². The number of nitrogens with one attached hydrogen (secondary N) is 1. The van der Waals surface area contributed by atoms with Crippen LogP contribution in [-0.4, -0.2) is 23.6 Å². The van der Waals surface area contributed by atoms with Crippen molar-refractivity contribution in [2.45, 2.75) is 6.92 Å². The van der Waals surface area contributed by atoms with Crippen LogP contribution in [0.2, 0.25) is 0 Å². The van der Waals surface area contributed by atoms with E-state index in [2.05, 4.69) is 10.5 Å². The molecule has 1 amide bonds. The normalized spacial score (nSPS) is 11.0. The van der Waals surface area contributed by atoms with Crippen LogP contribution in [0.3, 0.4) is 0 Å². The first-order valence-corrected chi connectivity index (χ1v) is 7.92. The van der Waals surface area contributed by atoms with Gasteiger partial charge >= 0.3 is 5.97 Å². The van der Waals surface area contributed by atoms with Gasteiger partial charge in [0.2, 0.25) is 5.76 Å². The van der Waals surface area contributed by atoms with Crippen LogP contribution in [0.5, 0.6) is 0 Å². The van der Waals surface area contributed by atoms with E-state index in [1.807, 2.05) is 30.3 Å². The van der Waals surface area contributed by atoms with Gasteiger partial charge in [0.1, 0.15) is 11.2 Å². The molecular formula is C19H14N2O5. The molecule has 0 aliphatic rings. The van der Waals surface area contributed by atoms with Gasteiger partial charge in [0.25, 0.3) is 5.91 Å². The third-order valence-corrected chi connectivity index (χ3v) is 3.82. The number of amides is 1. The molecule has 7 heteroatoms. The second-order valence-electron chi connectivity index (χ2n) is 5.77. The highest BCUT2D eigenvalue weighted by molar-refractivity contribution is 6.07. The fourth-order valence-electron chi connectivity index (χ4n) is 2.66. The minimum atomic E-state index is -0.739. The molecule has 0 saturated heterocycles. The zero-order chi connectivity index (χ0) is 18.1. The summed E-state index contributed by atoms with van der Waals surface area (Å²) in [7, 11) is 0. The van der Waals surface area contributed by atoms with Crippen molar-refractivity contribution in [3.05, 3.63) is 60.0 Å². The molecule has 0 radical (unpaired) electrons. The van der Waals surface area contributed by atoms with Crippen LogP contribution in [0.4, 0.5) is 5.69 Å². The molecule has 1 N–H and O–H groups in total. The van der Waals surface area contributed by atoms with E-state index < -0.39 is 18.5 Å². The number of hydrogen-bond donors (Lipinski definition) is 1. The third-order valence-electron chi connectivity index (χ3n) is 3.82. The van der Waals surface area contributed by atoms with Crippen LogP contribution < -0.4 is 5.32 Å². The summed E-state index contributed by atoms with van der Waals surface area (Å²) in [6.45, 7) is 1.26. The fraction of sp³-hybridized carbons (Fsp3) is 0.105. The lowest BCUT2D eigenvalue weighted by Gasteiger charge is -2.05. The Labute approximate surface area is 147 Å². The van der Waals surface area contributed by atoms with E-state index in [1.54, 1.807) is 19.1 Å². The van der Waals surface area contributed by atoms with Crippen LogP contribution in [-0.2, 0) is 9.53 Å². The van der Waals surface area contributed by atoms with Crippen LogP contribution in [0.15, 0.2) is 57.5 Å². The quantitative estimate of drug-likeness (QED) is 0.564. The summed E-state index contributed by atoms with van der Waals surface area (Å²) in [5.41, 5.74) is 2.65. The number of carbonyl (C=O) groups excluding carboxylic acids is 2. The minimum Gasteiger partial charge on any atom is -0.456 e. The molecule has 0 fully saturated rings. The second-order valence-corrected chi connectivity index (χ2v) is 5.77. The lowest BCUT2D eigenvalue weighted by atomic mass is 10.1. The Hall–Kier alpha value is -3.61. The van der Waals surface area contributed by atoms with Crippen molar-refractivity contribution in [1.29, 1.82) is 0 Å². The molecule has 0 aliphatic heterocycles. The summed E-state index contributed by atoms with van der Waals surface area (Å²) in [5.74, 6) is -1.24. The summed E-state index contributed by atoms with van der Waals surface area (Å²) in [6, 6.07) is 14.4. The first-order valence-electron chi connectivity index (χ1n) is 7.92. The van der Waals surface area contributed by atoms with Gasteiger partial charge in [-0.3, -0.25) is 4.79 Å². The number of carbonyl (C=O) groups is 2. The molecule has 0 unspecified atom stereocenters. The van der Waals surface area contributed by atoms with E-state index in [1.165, 1.54) is 6.07 Å². The Kier molecular flexibility index (Phi) is 3.89. The zero-order valence-corrected chi connectivity index (χ0v) is 13.8. The lowest BCUT2D eigenvalue weighted by molar-refractivity contribution is -0.119. The standard InChI is InChI=1S/C19H14N2O5/c1-11-8-17(26-21-11)19(23)24-10-18(22)20-12-6-7-16-14(9-12)13-4-2-3-5-15(13)25-16/h2-9H,10H2,1H3,(H,20,22). The SMILES string of the molecule is Cc1cc(C(=O)OCC(=O)Nc2ccc3oc4ccccc4c3c2)on1. The summed E-state index contributed by atoms with van der Waals surface area (Å²) >= 11 is 0. The number of aryl methyl sites for hydroxylation is 1. The highest BCUT2D eigenvalue weighted by Gasteiger charge is 2.15. The van der Waals surface area contributed by atoms with Gasteiger partial charge < -0.3 is 19.0 Å². The van der Waals surface area contributed by atoms with Gasteiger partial charge in [-0.05, 0) is 31.2 Å². The number of benzene rings is 2. The Bertz CT molecular complexity index is 1130. The minimum absolute atomic E-state index is 0.0402. The summed E-state index contributed by atoms with van der Waals surface area (Å²) in [5, 5.41) is 8.15. The number of hydrogen-bond acceptors (Lipinski definition) is 6. The number of fused-ring (bicyclic) bond motifs is 3. The first kappa shape index (κ1) is 15.9. The fourth-order valence-corrected chi connectivity index (χ4v) is 2.66. The number of nitrogens with zero attached hydrogens (tertiary/aromatic N) is 1. The van der Waals surface area contributed by atoms with Crippen LogP contribution in [0.1, 0.15) is 16.2 Å². The molecule has 2 aromatic carbocycles. The molecule has 0 aliphatic carbocycles. The highest BCUT2D eigenvalue weighted by Crippen LogP contribution is 2.30. The monoisotopic (exact) mass is 350 g/mol. The van der Waals surface area contributed by atoms with E-state index in [0.29, 0.717) is 11.4 Å². The van der Waals surface area contributed by atoms with Gasteiger partial charge in [-0.15, -0.1) is 0 Å². The van der Waals surface area contributed by atoms with Gasteiger partial charge in [0, 0.05) is 22.5 Å². The molecule has 4 rings (SSSR count). The number of aromatic nitrogens is 1. The van der Waals surface area contributed by atoms with E-state index >= 15 is 0 Å². The third kappa shape index (κ3) is 3.02. The van der Waals surface area contributed by atoms with Crippen molar-refractivity contribution >= 4 is 39.5 Å². The van der Waals surface area contributed by atoms with Gasteiger partial charge in [0.15, 0.2) is 6.61 Å². The molecule has 0 atom stereocenters. The van der Waals surface area contributed by atoms with Gasteiger partial charge in [-0.25, -0.2) is 4.79 Å². The van der Waals surface area contributed by atoms with E-state index in [0.717, 1.165) is 21.9 Å². The maximum absolute atomic E-state index is 12.0. The summed E-state index contributed by atoms with van der Waals surface area (Å²) in [4.78, 5) is 23.8. The van der Waals surface area contributed by atoms with Crippen molar-refractivity contribution < 1.29 is 23.3 Å². The Morgan fingerprint density at radius 3 is 2.69 bits per heavy atom. The van der Waals surface area contributed by atoms with Crippen molar-refractivity contribution in [3.8, 4) is 0 Å². The van der Waals surface area contributed by atoms with Crippen molar-refractivity contribution in [2.24, 2.45) is 0 Å². The number of furan rings is 1. The van der Waals surface area contributed by atoms with Gasteiger partial charge in [-0.1, -0.05) is 23.4 Å². The Morgan fingerprint density at radius 1 is 1.08 bits per heavy atom. The number of anilines is 1. The van der Waals surface area contributed by atoms with Crippen molar-refractivity contribution in [1.82, 2.24) is 5.16 Å². The predicted molar refractivity (Wildman–Crippen MR) is 93.9 cm³/mol. The number of ether oxygens (including phenoxy) is 1. The molecule has 4 aromatic rings. The van der Waals surface area contributed by atoms with Gasteiger partial charge in [-0.2, -0.15) is 0 Å². The average molecular weight is 350 g/mol. The Balaban J connectivity index is 1.45. The molecular weight excluding hydrogens is 336 g/mol. The van der Waals surface area contributed by atoms with Crippen LogP contribution in [0, 0.1) is 6.92 Å². The smallest absolute Gasteiger partial charge is 0.377 e. The molecule has 2 aromatic heterocycles. The first-order chi connectivity index (χ1) is 12.6. The average Bonchev–Trinajstić information content (AvgIpc) is 3.23. The zero-order valence-electron chi connectivity index (χ0n) is 13.8. The predicted octanol–water partition coefficient (Wildman–Crippen LogP) is 3.68. The lowest BCUT2D eigenvalue weighted by Crippen LogP contribution is -2.20. The molecule has 130 valence electrons. The Morgan fingerprint density at radius 2 is 1.88 bits per heavy atom. The topological polar surface area (TPSA) is 94.6 Å². The highest BCUT2D eigenvalue weighted by atomic mass is 16.6. The molecule has 2 heterocycles. The molecule has 7 nitrogen and oxygen atoms in total. The second kappa shape index (κ2) is 6.36. The van der Waals surface area contributed by atoms with E-state index in [4.69, 9.17) is 13.7 Å². The summed E-state index contributed by atoms with van der Waals surface area (Å²) in [6.07, 6.45) is 0. The maximum atomic E-state index is 12.0. The van der Waals surface area contributed by atoms with Crippen LogP contribution in [0.25, 0.3) is 21.9 Å². The van der Waals surface area contributed by atoms with E-state index in [-0.39, 0.29) is 5.76 Å². The number of para-hydroxylation sites is 1. The number of esters is 1. The molecule has 26 heavy (non-hydrogen) atoms. The van der Waals surface area contributed by atoms with Crippen molar-refractivity contribution in [3.63, 3.8) is 0 Å². The summed E-state index contributed by atoms with van der Waals surface area (Å²) < 4.78 is 15.4. The largest absolute Gasteiger partial charge is 0.456 e. The van der Waals surface area contributed by atoms with E-state index in [9.17, 15) is 9.59 Å². The van der Waals surface area contributed by atoms with Crippen LogP contribution >= 0.6 is 0 Å². The molecule has 0 spiro atoms. The molecule has 0 saturated carbocycles. The number of rotatable bonds is 4. The maximum Gasteiger partial charge on any atom is 0.377 e. The van der Waals surface area contributed by atoms with Crippen molar-refractivity contribution in [2.75, 3.05) is 11.9 Å². The molecule has 0 bridgehead atoms.